The van der Waals surface area contributed by atoms with Gasteiger partial charge < -0.3 is 15.2 Å². The number of aromatic nitrogens is 2. The number of nitrogens with zero attached hydrogens (tertiary/aromatic N) is 2. The summed E-state index contributed by atoms with van der Waals surface area (Å²) in [6.07, 6.45) is 8.46. The Kier molecular flexibility index (Phi) is 6.67. The molecule has 2 rings (SSSR count). The van der Waals surface area contributed by atoms with Crippen LogP contribution in [-0.4, -0.2) is 46.3 Å². The lowest BCUT2D eigenvalue weighted by atomic mass is 9.89. The van der Waals surface area contributed by atoms with E-state index in [1.807, 2.05) is 16.9 Å². The van der Waals surface area contributed by atoms with Crippen LogP contribution in [0.25, 0.3) is 0 Å². The molecule has 0 bridgehead atoms. The lowest BCUT2D eigenvalue weighted by Gasteiger charge is -2.28. The van der Waals surface area contributed by atoms with E-state index in [4.69, 9.17) is 4.74 Å². The molecule has 4 atom stereocenters. The van der Waals surface area contributed by atoms with Crippen LogP contribution in [0.15, 0.2) is 18.5 Å². The summed E-state index contributed by atoms with van der Waals surface area (Å²) in [5, 5.41) is 17.5. The number of rotatable bonds is 8. The smallest absolute Gasteiger partial charge is 0.0897 e. The average molecular weight is 295 g/mol. The Morgan fingerprint density at radius 2 is 2.33 bits per heavy atom. The van der Waals surface area contributed by atoms with Gasteiger partial charge in [-0.3, -0.25) is 4.68 Å². The van der Waals surface area contributed by atoms with Crippen molar-refractivity contribution in [3.8, 4) is 0 Å². The Morgan fingerprint density at radius 3 is 3.05 bits per heavy atom. The van der Waals surface area contributed by atoms with Crippen LogP contribution < -0.4 is 5.32 Å². The predicted molar refractivity (Wildman–Crippen MR) is 83.1 cm³/mol. The second kappa shape index (κ2) is 8.51. The summed E-state index contributed by atoms with van der Waals surface area (Å²) in [6.45, 7) is 6.17. The van der Waals surface area contributed by atoms with E-state index in [1.165, 1.54) is 12.8 Å². The van der Waals surface area contributed by atoms with Crippen molar-refractivity contribution >= 4 is 0 Å². The SMILES string of the molecule is CC1CCCC(OCC(O)CNC(C)Cn2cccn2)C1. The molecule has 1 heterocycles. The molecule has 4 unspecified atom stereocenters. The summed E-state index contributed by atoms with van der Waals surface area (Å²) in [6, 6.07) is 2.19. The van der Waals surface area contributed by atoms with Crippen LogP contribution in [-0.2, 0) is 11.3 Å². The third kappa shape index (κ3) is 6.16. The summed E-state index contributed by atoms with van der Waals surface area (Å²) >= 11 is 0. The first kappa shape index (κ1) is 16.5. The Morgan fingerprint density at radius 1 is 1.48 bits per heavy atom. The van der Waals surface area contributed by atoms with Crippen LogP contribution in [0, 0.1) is 5.92 Å². The maximum atomic E-state index is 10.0. The van der Waals surface area contributed by atoms with Crippen molar-refractivity contribution in [1.82, 2.24) is 15.1 Å². The Labute approximate surface area is 127 Å². The van der Waals surface area contributed by atoms with E-state index in [1.54, 1.807) is 6.20 Å². The highest BCUT2D eigenvalue weighted by molar-refractivity contribution is 4.79. The quantitative estimate of drug-likeness (QED) is 0.768. The maximum absolute atomic E-state index is 10.0. The summed E-state index contributed by atoms with van der Waals surface area (Å²) in [7, 11) is 0. The van der Waals surface area contributed by atoms with Crippen molar-refractivity contribution in [2.45, 2.75) is 64.3 Å². The lowest BCUT2D eigenvalue weighted by molar-refractivity contribution is -0.0311. The highest BCUT2D eigenvalue weighted by Gasteiger charge is 2.20. The molecule has 5 nitrogen and oxygen atoms in total. The van der Waals surface area contributed by atoms with E-state index >= 15 is 0 Å². The minimum atomic E-state index is -0.442. The van der Waals surface area contributed by atoms with Crippen LogP contribution in [0.3, 0.4) is 0 Å². The molecule has 0 aromatic carbocycles. The summed E-state index contributed by atoms with van der Waals surface area (Å²) in [5.74, 6) is 0.758. The first-order chi connectivity index (χ1) is 10.1. The summed E-state index contributed by atoms with van der Waals surface area (Å²) < 4.78 is 7.74. The molecule has 1 saturated carbocycles. The van der Waals surface area contributed by atoms with Gasteiger partial charge in [-0.15, -0.1) is 0 Å². The monoisotopic (exact) mass is 295 g/mol. The van der Waals surface area contributed by atoms with E-state index in [0.717, 1.165) is 25.3 Å². The Balaban J connectivity index is 1.57. The average Bonchev–Trinajstić information content (AvgIpc) is 2.96. The number of hydrogen-bond donors (Lipinski definition) is 2. The van der Waals surface area contributed by atoms with Gasteiger partial charge in [0.1, 0.15) is 0 Å². The predicted octanol–water partition coefficient (Wildman–Crippen LogP) is 1.82. The fourth-order valence-corrected chi connectivity index (χ4v) is 2.93. The minimum absolute atomic E-state index is 0.272. The third-order valence-electron chi connectivity index (χ3n) is 4.13. The van der Waals surface area contributed by atoms with Crippen LogP contribution in [0.5, 0.6) is 0 Å². The number of ether oxygens (including phenoxy) is 1. The largest absolute Gasteiger partial charge is 0.389 e. The first-order valence-electron chi connectivity index (χ1n) is 8.14. The van der Waals surface area contributed by atoms with Gasteiger partial charge in [-0.2, -0.15) is 5.10 Å². The normalized spacial score (nSPS) is 25.7. The zero-order chi connectivity index (χ0) is 15.1. The molecule has 0 amide bonds. The van der Waals surface area contributed by atoms with Crippen molar-refractivity contribution in [2.75, 3.05) is 13.2 Å². The minimum Gasteiger partial charge on any atom is -0.389 e. The molecule has 1 fully saturated rings. The van der Waals surface area contributed by atoms with Crippen molar-refractivity contribution in [3.05, 3.63) is 18.5 Å². The third-order valence-corrected chi connectivity index (χ3v) is 4.13. The van der Waals surface area contributed by atoms with Gasteiger partial charge >= 0.3 is 0 Å². The van der Waals surface area contributed by atoms with Gasteiger partial charge in [0.25, 0.3) is 0 Å². The van der Waals surface area contributed by atoms with Crippen LogP contribution in [0.4, 0.5) is 0 Å². The van der Waals surface area contributed by atoms with Crippen molar-refractivity contribution < 1.29 is 9.84 Å². The molecule has 21 heavy (non-hydrogen) atoms. The zero-order valence-electron chi connectivity index (χ0n) is 13.2. The standard InChI is InChI=1S/C16H29N3O2/c1-13-5-3-6-16(9-13)21-12-15(20)10-17-14(2)11-19-8-4-7-18-19/h4,7-8,13-17,20H,3,5-6,9-12H2,1-2H3. The summed E-state index contributed by atoms with van der Waals surface area (Å²) in [4.78, 5) is 0. The highest BCUT2D eigenvalue weighted by Crippen LogP contribution is 2.25. The molecule has 0 saturated heterocycles. The second-order valence-corrected chi connectivity index (χ2v) is 6.42. The number of aliphatic hydroxyl groups is 1. The fraction of sp³-hybridized carbons (Fsp3) is 0.812. The molecule has 0 aliphatic heterocycles. The zero-order valence-corrected chi connectivity index (χ0v) is 13.2. The van der Waals surface area contributed by atoms with Gasteiger partial charge in [-0.25, -0.2) is 0 Å². The molecule has 1 aromatic heterocycles. The second-order valence-electron chi connectivity index (χ2n) is 6.42. The van der Waals surface area contributed by atoms with Gasteiger partial charge in [-0.1, -0.05) is 19.8 Å². The molecule has 1 aliphatic rings. The van der Waals surface area contributed by atoms with Gasteiger partial charge in [-0.05, 0) is 31.7 Å². The lowest BCUT2D eigenvalue weighted by Crippen LogP contribution is -2.39. The topological polar surface area (TPSA) is 59.3 Å². The van der Waals surface area contributed by atoms with Crippen LogP contribution in [0.1, 0.15) is 39.5 Å². The van der Waals surface area contributed by atoms with Crippen molar-refractivity contribution in [1.29, 1.82) is 0 Å². The maximum Gasteiger partial charge on any atom is 0.0897 e. The van der Waals surface area contributed by atoms with Crippen molar-refractivity contribution in [3.63, 3.8) is 0 Å². The van der Waals surface area contributed by atoms with E-state index in [0.29, 0.717) is 19.3 Å². The molecule has 1 aromatic rings. The number of aliphatic hydroxyl groups excluding tert-OH is 1. The Hall–Kier alpha value is -0.910. The molecular formula is C16H29N3O2. The van der Waals surface area contributed by atoms with Crippen molar-refractivity contribution in [2.24, 2.45) is 5.92 Å². The van der Waals surface area contributed by atoms with E-state index in [-0.39, 0.29) is 6.04 Å². The van der Waals surface area contributed by atoms with E-state index in [2.05, 4.69) is 24.3 Å². The summed E-state index contributed by atoms with van der Waals surface area (Å²) in [5.41, 5.74) is 0. The molecule has 5 heteroatoms. The molecule has 1 aliphatic carbocycles. The molecule has 120 valence electrons. The van der Waals surface area contributed by atoms with Gasteiger partial charge in [0.15, 0.2) is 0 Å². The Bertz CT molecular complexity index is 383. The number of hydrogen-bond acceptors (Lipinski definition) is 4. The van der Waals surface area contributed by atoms with Gasteiger partial charge in [0.05, 0.1) is 25.4 Å². The van der Waals surface area contributed by atoms with Gasteiger partial charge in [0.2, 0.25) is 0 Å². The highest BCUT2D eigenvalue weighted by atomic mass is 16.5. The van der Waals surface area contributed by atoms with Gasteiger partial charge in [0, 0.05) is 25.0 Å². The molecule has 0 radical (unpaired) electrons. The fourth-order valence-electron chi connectivity index (χ4n) is 2.93. The van der Waals surface area contributed by atoms with E-state index < -0.39 is 6.10 Å². The number of nitrogens with one attached hydrogen (secondary N) is 1. The first-order valence-corrected chi connectivity index (χ1v) is 8.14. The molecule has 0 spiro atoms. The van der Waals surface area contributed by atoms with Crippen LogP contribution in [0.2, 0.25) is 0 Å². The van der Waals surface area contributed by atoms with E-state index in [9.17, 15) is 5.11 Å². The molecular weight excluding hydrogens is 266 g/mol. The van der Waals surface area contributed by atoms with Crippen LogP contribution >= 0.6 is 0 Å². The molecule has 2 N–H and O–H groups in total.